The van der Waals surface area contributed by atoms with Crippen LogP contribution in [0.4, 0.5) is 5.13 Å². The Balaban J connectivity index is 2.89. The van der Waals surface area contributed by atoms with E-state index < -0.39 is 15.6 Å². The van der Waals surface area contributed by atoms with Crippen LogP contribution in [-0.4, -0.2) is 41.8 Å². The largest absolute Gasteiger partial charge is 0.396 e. The van der Waals surface area contributed by atoms with Crippen molar-refractivity contribution < 1.29 is 18.3 Å². The molecule has 0 aliphatic heterocycles. The van der Waals surface area contributed by atoms with Crippen LogP contribution in [0.5, 0.6) is 0 Å². The minimum atomic E-state index is -3.82. The fourth-order valence-electron chi connectivity index (χ4n) is 1.26. The molecule has 0 aliphatic carbocycles. The molecule has 8 nitrogen and oxygen atoms in total. The second-order valence-electron chi connectivity index (χ2n) is 4.52. The molecule has 1 aromatic heterocycles. The highest BCUT2D eigenvalue weighted by molar-refractivity contribution is 7.91. The lowest BCUT2D eigenvalue weighted by molar-refractivity contribution is -0.114. The van der Waals surface area contributed by atoms with Crippen LogP contribution < -0.4 is 10.0 Å². The summed E-state index contributed by atoms with van der Waals surface area (Å²) in [5.41, 5.74) is -0.798. The van der Waals surface area contributed by atoms with Crippen molar-refractivity contribution in [1.82, 2.24) is 14.9 Å². The number of carbonyl (C=O) groups excluding carboxylic acids is 1. The van der Waals surface area contributed by atoms with Crippen molar-refractivity contribution in [2.24, 2.45) is 0 Å². The van der Waals surface area contributed by atoms with Gasteiger partial charge in [-0.05, 0) is 20.3 Å². The van der Waals surface area contributed by atoms with E-state index in [1.807, 2.05) is 0 Å². The molecule has 19 heavy (non-hydrogen) atoms. The lowest BCUT2D eigenvalue weighted by Crippen LogP contribution is -2.43. The number of carbonyl (C=O) groups is 1. The van der Waals surface area contributed by atoms with Gasteiger partial charge in [-0.1, -0.05) is 11.3 Å². The number of anilines is 1. The molecule has 1 heterocycles. The molecule has 0 aliphatic rings. The zero-order chi connectivity index (χ0) is 14.7. The van der Waals surface area contributed by atoms with Crippen molar-refractivity contribution in [3.05, 3.63) is 0 Å². The van der Waals surface area contributed by atoms with Gasteiger partial charge < -0.3 is 10.4 Å². The molecule has 1 rings (SSSR count). The van der Waals surface area contributed by atoms with E-state index in [1.54, 1.807) is 13.8 Å². The van der Waals surface area contributed by atoms with E-state index in [9.17, 15) is 13.2 Å². The normalized spacial score (nSPS) is 12.4. The van der Waals surface area contributed by atoms with Crippen LogP contribution >= 0.6 is 11.3 Å². The van der Waals surface area contributed by atoms with Gasteiger partial charge in [0.1, 0.15) is 0 Å². The highest BCUT2D eigenvalue weighted by atomic mass is 32.2. The molecule has 10 heteroatoms. The molecule has 0 atom stereocenters. The standard InChI is InChI=1S/C9H16N4O4S2/c1-6(15)10-7-11-12-8(18-7)19(16,17)13-9(2,3)4-5-14/h13-14H,4-5H2,1-3H3,(H,10,11,15). The molecule has 108 valence electrons. The molecular weight excluding hydrogens is 292 g/mol. The average molecular weight is 308 g/mol. The summed E-state index contributed by atoms with van der Waals surface area (Å²) >= 11 is 0.760. The third kappa shape index (κ3) is 4.82. The number of nitrogens with zero attached hydrogens (tertiary/aromatic N) is 2. The monoisotopic (exact) mass is 308 g/mol. The molecule has 0 bridgehead atoms. The molecule has 0 radical (unpaired) electrons. The Morgan fingerprint density at radius 3 is 2.58 bits per heavy atom. The summed E-state index contributed by atoms with van der Waals surface area (Å²) < 4.78 is 26.2. The molecule has 0 saturated heterocycles. The quantitative estimate of drug-likeness (QED) is 0.633. The number of hydrogen-bond donors (Lipinski definition) is 3. The molecule has 3 N–H and O–H groups in total. The topological polar surface area (TPSA) is 121 Å². The predicted octanol–water partition coefficient (Wildman–Crippen LogP) is -0.0642. The fourth-order valence-corrected chi connectivity index (χ4v) is 3.65. The molecule has 1 aromatic rings. The number of sulfonamides is 1. The number of aliphatic hydroxyl groups excluding tert-OH is 1. The fraction of sp³-hybridized carbons (Fsp3) is 0.667. The third-order valence-electron chi connectivity index (χ3n) is 2.07. The van der Waals surface area contributed by atoms with Crippen LogP contribution in [0.3, 0.4) is 0 Å². The smallest absolute Gasteiger partial charge is 0.270 e. The van der Waals surface area contributed by atoms with Crippen molar-refractivity contribution in [2.45, 2.75) is 37.1 Å². The van der Waals surface area contributed by atoms with E-state index in [4.69, 9.17) is 5.11 Å². The Morgan fingerprint density at radius 2 is 2.05 bits per heavy atom. The van der Waals surface area contributed by atoms with Crippen LogP contribution in [0.15, 0.2) is 4.34 Å². The van der Waals surface area contributed by atoms with E-state index in [-0.39, 0.29) is 28.4 Å². The molecule has 0 saturated carbocycles. The number of rotatable bonds is 6. The Kier molecular flexibility index (Phi) is 4.96. The van der Waals surface area contributed by atoms with E-state index in [1.165, 1.54) is 6.92 Å². The Hall–Kier alpha value is -1.10. The van der Waals surface area contributed by atoms with Gasteiger partial charge in [-0.3, -0.25) is 4.79 Å². The lowest BCUT2D eigenvalue weighted by Gasteiger charge is -2.23. The second kappa shape index (κ2) is 5.90. The van der Waals surface area contributed by atoms with Gasteiger partial charge in [-0.15, -0.1) is 10.2 Å². The van der Waals surface area contributed by atoms with Crippen molar-refractivity contribution in [3.63, 3.8) is 0 Å². The summed E-state index contributed by atoms with van der Waals surface area (Å²) in [5, 5.41) is 18.4. The SMILES string of the molecule is CC(=O)Nc1nnc(S(=O)(=O)NC(C)(C)CCO)s1. The Bertz CT molecular complexity index is 552. The minimum absolute atomic E-state index is 0.118. The molecular formula is C9H16N4O4S2. The summed E-state index contributed by atoms with van der Waals surface area (Å²) in [5.74, 6) is -0.353. The van der Waals surface area contributed by atoms with Crippen molar-refractivity contribution in [3.8, 4) is 0 Å². The molecule has 1 amide bonds. The van der Waals surface area contributed by atoms with Gasteiger partial charge in [0.05, 0.1) is 0 Å². The van der Waals surface area contributed by atoms with Crippen LogP contribution in [0.2, 0.25) is 0 Å². The number of nitrogens with one attached hydrogen (secondary N) is 2. The number of aliphatic hydroxyl groups is 1. The zero-order valence-electron chi connectivity index (χ0n) is 10.8. The van der Waals surface area contributed by atoms with Gasteiger partial charge in [0.2, 0.25) is 15.4 Å². The number of hydrogen-bond acceptors (Lipinski definition) is 7. The van der Waals surface area contributed by atoms with Crippen molar-refractivity contribution in [1.29, 1.82) is 0 Å². The maximum Gasteiger partial charge on any atom is 0.270 e. The summed E-state index contributed by atoms with van der Waals surface area (Å²) in [6, 6.07) is 0. The van der Waals surface area contributed by atoms with Crippen molar-refractivity contribution in [2.75, 3.05) is 11.9 Å². The minimum Gasteiger partial charge on any atom is -0.396 e. The molecule has 0 aromatic carbocycles. The molecule has 0 fully saturated rings. The third-order valence-corrected chi connectivity index (χ3v) is 4.97. The highest BCUT2D eigenvalue weighted by Gasteiger charge is 2.28. The Morgan fingerprint density at radius 1 is 1.42 bits per heavy atom. The van der Waals surface area contributed by atoms with Gasteiger partial charge >= 0.3 is 0 Å². The van der Waals surface area contributed by atoms with Gasteiger partial charge in [0.15, 0.2) is 0 Å². The van der Waals surface area contributed by atoms with E-state index >= 15 is 0 Å². The average Bonchev–Trinajstić information content (AvgIpc) is 2.63. The summed E-state index contributed by atoms with van der Waals surface area (Å²) in [4.78, 5) is 10.8. The highest BCUT2D eigenvalue weighted by Crippen LogP contribution is 2.21. The predicted molar refractivity (Wildman–Crippen MR) is 70.3 cm³/mol. The van der Waals surface area contributed by atoms with Crippen molar-refractivity contribution >= 4 is 32.4 Å². The summed E-state index contributed by atoms with van der Waals surface area (Å²) in [7, 11) is -3.82. The number of aromatic nitrogens is 2. The maximum atomic E-state index is 12.0. The zero-order valence-corrected chi connectivity index (χ0v) is 12.4. The Labute approximate surface area is 115 Å². The van der Waals surface area contributed by atoms with E-state index in [2.05, 4.69) is 20.2 Å². The van der Waals surface area contributed by atoms with Crippen LogP contribution in [0.25, 0.3) is 0 Å². The van der Waals surface area contributed by atoms with Gasteiger partial charge in [-0.25, -0.2) is 13.1 Å². The van der Waals surface area contributed by atoms with Crippen LogP contribution in [0, 0.1) is 0 Å². The molecule has 0 spiro atoms. The van der Waals surface area contributed by atoms with Crippen LogP contribution in [0.1, 0.15) is 27.2 Å². The first-order valence-corrected chi connectivity index (χ1v) is 7.72. The molecule has 0 unspecified atom stereocenters. The van der Waals surface area contributed by atoms with Crippen LogP contribution in [-0.2, 0) is 14.8 Å². The lowest BCUT2D eigenvalue weighted by atomic mass is 10.0. The maximum absolute atomic E-state index is 12.0. The summed E-state index contributed by atoms with van der Waals surface area (Å²) in [6.45, 7) is 4.45. The first kappa shape index (κ1) is 16.0. The first-order chi connectivity index (χ1) is 8.66. The van der Waals surface area contributed by atoms with Gasteiger partial charge in [-0.2, -0.15) is 0 Å². The first-order valence-electron chi connectivity index (χ1n) is 5.42. The van der Waals surface area contributed by atoms with E-state index in [0.717, 1.165) is 11.3 Å². The second-order valence-corrected chi connectivity index (χ2v) is 7.35. The van der Waals surface area contributed by atoms with Gasteiger partial charge in [0, 0.05) is 19.1 Å². The van der Waals surface area contributed by atoms with E-state index in [0.29, 0.717) is 0 Å². The van der Waals surface area contributed by atoms with Gasteiger partial charge in [0.25, 0.3) is 10.0 Å². The summed E-state index contributed by atoms with van der Waals surface area (Å²) in [6.07, 6.45) is 0.267. The number of amides is 1.